The van der Waals surface area contributed by atoms with Crippen LogP contribution in [-0.4, -0.2) is 96.7 Å². The van der Waals surface area contributed by atoms with E-state index in [-0.39, 0.29) is 25.7 Å². The number of hydrogen-bond acceptors (Lipinski definition) is 15. The highest BCUT2D eigenvalue weighted by molar-refractivity contribution is 7.47. The molecule has 0 aromatic rings. The molecule has 0 bridgehead atoms. The predicted octanol–water partition coefficient (Wildman–Crippen LogP) is 23.6. The number of aliphatic hydroxyl groups excluding tert-OH is 1. The maximum Gasteiger partial charge on any atom is 0.472 e. The first-order valence-electron chi connectivity index (χ1n) is 41.2. The second kappa shape index (κ2) is 72.0. The van der Waals surface area contributed by atoms with Crippen LogP contribution in [0.4, 0.5) is 0 Å². The van der Waals surface area contributed by atoms with Gasteiger partial charge in [-0.3, -0.25) is 37.3 Å². The number of phosphoric acid groups is 2. The Kier molecular flexibility index (Phi) is 70.6. The summed E-state index contributed by atoms with van der Waals surface area (Å²) in [5.74, 6) is -1.34. The van der Waals surface area contributed by atoms with Gasteiger partial charge in [-0.25, -0.2) is 9.13 Å². The number of carbonyl (C=O) groups is 4. The van der Waals surface area contributed by atoms with Crippen molar-refractivity contribution in [2.75, 3.05) is 39.6 Å². The van der Waals surface area contributed by atoms with Gasteiger partial charge in [0, 0.05) is 25.7 Å². The Labute approximate surface area is 600 Å². The third-order valence-corrected chi connectivity index (χ3v) is 20.8. The highest BCUT2D eigenvalue weighted by Gasteiger charge is 2.30. The quantitative estimate of drug-likeness (QED) is 0.0222. The van der Waals surface area contributed by atoms with Crippen LogP contribution in [0.5, 0.6) is 0 Å². The van der Waals surface area contributed by atoms with E-state index in [2.05, 4.69) is 34.6 Å². The maximum atomic E-state index is 13.1. The first kappa shape index (κ1) is 96.1. The summed E-state index contributed by atoms with van der Waals surface area (Å²) in [5.41, 5.74) is 0. The number of esters is 4. The topological polar surface area (TPSA) is 237 Å². The molecule has 0 aromatic heterocycles. The number of unbranched alkanes of at least 4 members (excludes halogenated alkanes) is 50. The van der Waals surface area contributed by atoms with E-state index in [0.29, 0.717) is 25.7 Å². The molecule has 0 aliphatic heterocycles. The number of aliphatic hydroxyl groups is 1. The normalized spacial score (nSPS) is 14.2. The molecule has 0 radical (unpaired) electrons. The van der Waals surface area contributed by atoms with Gasteiger partial charge in [0.05, 0.1) is 26.4 Å². The van der Waals surface area contributed by atoms with Crippen molar-refractivity contribution in [2.45, 2.75) is 438 Å². The Morgan fingerprint density at radius 1 is 0.286 bits per heavy atom. The summed E-state index contributed by atoms with van der Waals surface area (Å²) in [6.07, 6.45) is 62.3. The second-order valence-electron chi connectivity index (χ2n) is 28.7. The molecule has 17 nitrogen and oxygen atoms in total. The highest BCUT2D eigenvalue weighted by atomic mass is 31.2. The van der Waals surface area contributed by atoms with Gasteiger partial charge in [-0.2, -0.15) is 0 Å². The van der Waals surface area contributed by atoms with Gasteiger partial charge in [0.15, 0.2) is 12.2 Å². The molecule has 6 atom stereocenters. The van der Waals surface area contributed by atoms with E-state index < -0.39 is 97.5 Å². The fraction of sp³-hybridized carbons (Fsp3) is 0.949. The van der Waals surface area contributed by atoms with Gasteiger partial charge in [0.25, 0.3) is 0 Å². The number of carbonyl (C=O) groups excluding carboxylic acids is 4. The molecule has 0 saturated heterocycles. The monoisotopic (exact) mass is 1440 g/mol. The summed E-state index contributed by atoms with van der Waals surface area (Å²) < 4.78 is 68.7. The van der Waals surface area contributed by atoms with Gasteiger partial charge in [-0.15, -0.1) is 0 Å². The first-order chi connectivity index (χ1) is 47.6. The van der Waals surface area contributed by atoms with Crippen LogP contribution in [0.1, 0.15) is 420 Å². The molecule has 0 aromatic carbocycles. The number of hydrogen-bond donors (Lipinski definition) is 3. The molecule has 0 saturated carbocycles. The van der Waals surface area contributed by atoms with Gasteiger partial charge < -0.3 is 33.8 Å². The summed E-state index contributed by atoms with van der Waals surface area (Å²) in [5, 5.41) is 10.6. The van der Waals surface area contributed by atoms with Crippen LogP contribution in [0.2, 0.25) is 0 Å². The van der Waals surface area contributed by atoms with Crippen molar-refractivity contribution >= 4 is 39.5 Å². The summed E-state index contributed by atoms with van der Waals surface area (Å²) in [4.78, 5) is 73.0. The van der Waals surface area contributed by atoms with Crippen molar-refractivity contribution in [1.29, 1.82) is 0 Å². The van der Waals surface area contributed by atoms with Crippen molar-refractivity contribution in [1.82, 2.24) is 0 Å². The van der Waals surface area contributed by atoms with E-state index >= 15 is 0 Å². The number of ether oxygens (including phenoxy) is 4. The lowest BCUT2D eigenvalue weighted by atomic mass is 9.99. The molecule has 98 heavy (non-hydrogen) atoms. The molecule has 582 valence electrons. The predicted molar refractivity (Wildman–Crippen MR) is 400 cm³/mol. The zero-order valence-corrected chi connectivity index (χ0v) is 65.7. The largest absolute Gasteiger partial charge is 0.472 e. The van der Waals surface area contributed by atoms with Gasteiger partial charge in [-0.1, -0.05) is 369 Å². The van der Waals surface area contributed by atoms with Crippen molar-refractivity contribution in [3.05, 3.63) is 0 Å². The first-order valence-corrected chi connectivity index (χ1v) is 44.2. The van der Waals surface area contributed by atoms with Gasteiger partial charge >= 0.3 is 39.5 Å². The molecule has 0 heterocycles. The van der Waals surface area contributed by atoms with Crippen LogP contribution in [0.3, 0.4) is 0 Å². The lowest BCUT2D eigenvalue weighted by Gasteiger charge is -2.21. The minimum atomic E-state index is -4.96. The summed E-state index contributed by atoms with van der Waals surface area (Å²) in [6.45, 7) is 7.32. The third-order valence-electron chi connectivity index (χ3n) is 18.9. The Bertz CT molecular complexity index is 1880. The Balaban J connectivity index is 5.24. The Hall–Kier alpha value is -1.94. The van der Waals surface area contributed by atoms with Crippen LogP contribution in [0, 0.1) is 5.92 Å². The molecule has 3 N–H and O–H groups in total. The average Bonchev–Trinajstić information content (AvgIpc) is 1.14. The SMILES string of the molecule is CCCCCCCCCCCCCCCCCCCCCC(=O)O[C@H](COC(=O)CCCCCCCCCCCCCCCCC)COP(=O)(O)OC[C@@H](O)COP(=O)(O)OC[C@@H](COC(=O)CCCCCCCCCCCCCC)OC(=O)CCCCCCCCCCC(C)CC. The van der Waals surface area contributed by atoms with Crippen LogP contribution in [-0.2, 0) is 65.4 Å². The molecule has 3 unspecified atom stereocenters. The number of rotatable bonds is 79. The zero-order chi connectivity index (χ0) is 71.9. The van der Waals surface area contributed by atoms with Crippen molar-refractivity contribution in [2.24, 2.45) is 5.92 Å². The van der Waals surface area contributed by atoms with E-state index in [1.807, 2.05) is 0 Å². The van der Waals surface area contributed by atoms with Crippen LogP contribution >= 0.6 is 15.6 Å². The lowest BCUT2D eigenvalue weighted by Crippen LogP contribution is -2.30. The fourth-order valence-electron chi connectivity index (χ4n) is 12.2. The molecule has 19 heteroatoms. The minimum Gasteiger partial charge on any atom is -0.462 e. The van der Waals surface area contributed by atoms with Gasteiger partial charge in [-0.05, 0) is 31.6 Å². The van der Waals surface area contributed by atoms with E-state index in [1.54, 1.807) is 0 Å². The van der Waals surface area contributed by atoms with E-state index in [4.69, 9.17) is 37.0 Å². The molecule has 0 aliphatic rings. The number of phosphoric ester groups is 2. The van der Waals surface area contributed by atoms with Crippen molar-refractivity contribution in [3.8, 4) is 0 Å². The van der Waals surface area contributed by atoms with Crippen LogP contribution < -0.4 is 0 Å². The second-order valence-corrected chi connectivity index (χ2v) is 31.6. The standard InChI is InChI=1S/C79H154O17P2/c1-6-10-13-16-19-22-25-28-30-31-32-33-35-37-40-43-49-54-59-64-78(83)95-74(68-89-77(82)63-58-53-48-42-39-36-34-29-26-23-20-17-14-11-7-2)70-93-97(85,86)91-66-73(80)67-92-98(87,88)94-71-75(96-79(84)65-60-55-50-45-44-46-51-56-61-72(5)9-4)69-90-76(81)62-57-52-47-41-38-27-24-21-18-15-12-8-3/h72-75,80H,6-71H2,1-5H3,(H,85,86)(H,87,88)/t72?,73-,74-,75-/m1/s1. The molecular weight excluding hydrogens is 1280 g/mol. The molecule has 0 rings (SSSR count). The highest BCUT2D eigenvalue weighted by Crippen LogP contribution is 2.45. The fourth-order valence-corrected chi connectivity index (χ4v) is 13.8. The molecule has 0 spiro atoms. The van der Waals surface area contributed by atoms with Crippen LogP contribution in [0.25, 0.3) is 0 Å². The summed E-state index contributed by atoms with van der Waals surface area (Å²) in [7, 11) is -9.92. The smallest absolute Gasteiger partial charge is 0.462 e. The van der Waals surface area contributed by atoms with E-state index in [9.17, 15) is 43.2 Å². The van der Waals surface area contributed by atoms with E-state index in [0.717, 1.165) is 95.8 Å². The van der Waals surface area contributed by atoms with Crippen LogP contribution in [0.15, 0.2) is 0 Å². The van der Waals surface area contributed by atoms with Crippen molar-refractivity contribution < 1.29 is 80.2 Å². The van der Waals surface area contributed by atoms with Crippen molar-refractivity contribution in [3.63, 3.8) is 0 Å². The summed E-state index contributed by atoms with van der Waals surface area (Å²) in [6, 6.07) is 0. The molecular formula is C79H154O17P2. The Morgan fingerprint density at radius 2 is 0.490 bits per heavy atom. The molecule has 0 amide bonds. The van der Waals surface area contributed by atoms with Gasteiger partial charge in [0.1, 0.15) is 19.3 Å². The zero-order valence-electron chi connectivity index (χ0n) is 63.9. The Morgan fingerprint density at radius 3 is 0.724 bits per heavy atom. The maximum absolute atomic E-state index is 13.1. The average molecular weight is 1440 g/mol. The van der Waals surface area contributed by atoms with Gasteiger partial charge in [0.2, 0.25) is 0 Å². The van der Waals surface area contributed by atoms with E-state index in [1.165, 1.54) is 244 Å². The third kappa shape index (κ3) is 71.1. The molecule has 0 fully saturated rings. The summed E-state index contributed by atoms with van der Waals surface area (Å²) >= 11 is 0. The molecule has 0 aliphatic carbocycles. The lowest BCUT2D eigenvalue weighted by molar-refractivity contribution is -0.161. The minimum absolute atomic E-state index is 0.106.